The number of methoxy groups -OCH3 is 1. The third kappa shape index (κ3) is 4.01. The summed E-state index contributed by atoms with van der Waals surface area (Å²) >= 11 is 0. The number of benzene rings is 1. The second-order valence-corrected chi connectivity index (χ2v) is 6.19. The lowest BCUT2D eigenvalue weighted by Gasteiger charge is -2.31. The first-order chi connectivity index (χ1) is 9.86. The molecule has 0 fully saturated rings. The van der Waals surface area contributed by atoms with E-state index in [2.05, 4.69) is 25.1 Å². The first-order valence-corrected chi connectivity index (χ1v) is 8.52. The quantitative estimate of drug-likeness (QED) is 0.485. The van der Waals surface area contributed by atoms with Crippen LogP contribution in [0.4, 0.5) is 0 Å². The highest BCUT2D eigenvalue weighted by Gasteiger charge is 2.28. The van der Waals surface area contributed by atoms with Crippen LogP contribution in [0.1, 0.15) is 81.8 Å². The van der Waals surface area contributed by atoms with Gasteiger partial charge in [-0.3, -0.25) is 0 Å². The van der Waals surface area contributed by atoms with Gasteiger partial charge in [0.15, 0.2) is 0 Å². The predicted octanol–water partition coefficient (Wildman–Crippen LogP) is 5.87. The van der Waals surface area contributed by atoms with E-state index in [9.17, 15) is 0 Å². The number of ether oxygens (including phenoxy) is 1. The van der Waals surface area contributed by atoms with Crippen LogP contribution in [-0.4, -0.2) is 7.11 Å². The number of hydrogen-bond donors (Lipinski definition) is 0. The fraction of sp³-hybridized carbons (Fsp3) is 0.684. The molecule has 1 atom stereocenters. The molecule has 112 valence electrons. The van der Waals surface area contributed by atoms with E-state index in [-0.39, 0.29) is 0 Å². The molecule has 1 aromatic carbocycles. The van der Waals surface area contributed by atoms with Gasteiger partial charge in [0.1, 0.15) is 5.75 Å². The summed E-state index contributed by atoms with van der Waals surface area (Å²) in [4.78, 5) is 0. The Morgan fingerprint density at radius 1 is 1.00 bits per heavy atom. The summed E-state index contributed by atoms with van der Waals surface area (Å²) in [7, 11) is 1.78. The molecule has 0 spiro atoms. The van der Waals surface area contributed by atoms with Gasteiger partial charge in [0, 0.05) is 0 Å². The molecule has 0 saturated heterocycles. The van der Waals surface area contributed by atoms with E-state index in [0.29, 0.717) is 0 Å². The third-order valence-corrected chi connectivity index (χ3v) is 4.69. The highest BCUT2D eigenvalue weighted by atomic mass is 16.5. The molecule has 0 saturated carbocycles. The molecule has 0 heterocycles. The van der Waals surface area contributed by atoms with Crippen molar-refractivity contribution in [1.29, 1.82) is 0 Å². The van der Waals surface area contributed by atoms with Crippen LogP contribution in [0.25, 0.3) is 0 Å². The summed E-state index contributed by atoms with van der Waals surface area (Å²) in [6.45, 7) is 2.28. The molecule has 1 heteroatoms. The van der Waals surface area contributed by atoms with Crippen LogP contribution >= 0.6 is 0 Å². The van der Waals surface area contributed by atoms with E-state index in [0.717, 1.165) is 11.7 Å². The van der Waals surface area contributed by atoms with Crippen LogP contribution in [0.5, 0.6) is 5.75 Å². The van der Waals surface area contributed by atoms with Gasteiger partial charge in [-0.05, 0) is 36.0 Å². The molecule has 1 unspecified atom stereocenters. The molecule has 1 aromatic rings. The minimum atomic E-state index is 0.806. The average Bonchev–Trinajstić information content (AvgIpc) is 2.45. The molecule has 0 bridgehead atoms. The van der Waals surface area contributed by atoms with E-state index in [4.69, 9.17) is 4.74 Å². The Bertz CT molecular complexity index is 397. The summed E-state index contributed by atoms with van der Waals surface area (Å²) in [5.74, 6) is 1.90. The van der Waals surface area contributed by atoms with Crippen LogP contribution < -0.4 is 4.74 Å². The molecule has 20 heavy (non-hydrogen) atoms. The Labute approximate surface area is 124 Å². The van der Waals surface area contributed by atoms with Crippen LogP contribution in [0.15, 0.2) is 18.2 Å². The van der Waals surface area contributed by atoms with Crippen LogP contribution in [0.3, 0.4) is 0 Å². The number of fused-ring (bicyclic) bond motifs is 1. The Kier molecular flexibility index (Phi) is 6.42. The highest BCUT2D eigenvalue weighted by Crippen LogP contribution is 2.43. The Morgan fingerprint density at radius 3 is 2.40 bits per heavy atom. The number of hydrogen-bond acceptors (Lipinski definition) is 1. The van der Waals surface area contributed by atoms with Gasteiger partial charge in [0.2, 0.25) is 0 Å². The molecule has 0 radical (unpaired) electrons. The van der Waals surface area contributed by atoms with Crippen molar-refractivity contribution in [1.82, 2.24) is 0 Å². The van der Waals surface area contributed by atoms with Gasteiger partial charge in [0.25, 0.3) is 0 Å². The molecule has 1 aliphatic rings. The zero-order valence-electron chi connectivity index (χ0n) is 13.3. The van der Waals surface area contributed by atoms with Gasteiger partial charge in [-0.2, -0.15) is 0 Å². The Morgan fingerprint density at radius 2 is 1.70 bits per heavy atom. The molecule has 1 nitrogen and oxygen atoms in total. The van der Waals surface area contributed by atoms with Crippen molar-refractivity contribution < 1.29 is 4.74 Å². The predicted molar refractivity (Wildman–Crippen MR) is 86.7 cm³/mol. The standard InChI is InChI=1S/C19H30O/c1-3-4-5-6-7-8-9-10-12-16-15-18-17(16)13-11-14-19(18)20-2/h11,13-14,16H,3-10,12,15H2,1-2H3. The largest absolute Gasteiger partial charge is 0.496 e. The topological polar surface area (TPSA) is 9.23 Å². The molecule has 0 amide bonds. The fourth-order valence-electron chi connectivity index (χ4n) is 3.38. The molecular weight excluding hydrogens is 244 g/mol. The van der Waals surface area contributed by atoms with Crippen LogP contribution in [-0.2, 0) is 6.42 Å². The lowest BCUT2D eigenvalue weighted by molar-refractivity contribution is 0.395. The first kappa shape index (κ1) is 15.4. The minimum Gasteiger partial charge on any atom is -0.496 e. The monoisotopic (exact) mass is 274 g/mol. The Balaban J connectivity index is 1.58. The first-order valence-electron chi connectivity index (χ1n) is 8.52. The van der Waals surface area contributed by atoms with Gasteiger partial charge in [0.05, 0.1) is 7.11 Å². The summed E-state index contributed by atoms with van der Waals surface area (Å²) in [6.07, 6.45) is 13.9. The van der Waals surface area contributed by atoms with E-state index in [1.165, 1.54) is 69.8 Å². The van der Waals surface area contributed by atoms with Gasteiger partial charge in [-0.1, -0.05) is 70.4 Å². The lowest BCUT2D eigenvalue weighted by Crippen LogP contribution is -2.18. The van der Waals surface area contributed by atoms with E-state index < -0.39 is 0 Å². The molecule has 2 rings (SSSR count). The highest BCUT2D eigenvalue weighted by molar-refractivity contribution is 5.49. The van der Waals surface area contributed by atoms with E-state index in [1.807, 2.05) is 0 Å². The summed E-state index contributed by atoms with van der Waals surface area (Å²) in [6, 6.07) is 6.51. The van der Waals surface area contributed by atoms with Gasteiger partial charge < -0.3 is 4.74 Å². The van der Waals surface area contributed by atoms with Gasteiger partial charge in [-0.25, -0.2) is 0 Å². The molecule has 0 aromatic heterocycles. The normalized spacial score (nSPS) is 16.6. The van der Waals surface area contributed by atoms with Crippen molar-refractivity contribution in [2.24, 2.45) is 0 Å². The van der Waals surface area contributed by atoms with E-state index in [1.54, 1.807) is 12.7 Å². The van der Waals surface area contributed by atoms with Crippen molar-refractivity contribution in [2.45, 2.75) is 77.0 Å². The Hall–Kier alpha value is -0.980. The SMILES string of the molecule is CCCCCCCCCCC1Cc2c(OC)cccc21. The second-order valence-electron chi connectivity index (χ2n) is 6.19. The fourth-order valence-corrected chi connectivity index (χ4v) is 3.38. The van der Waals surface area contributed by atoms with Gasteiger partial charge >= 0.3 is 0 Å². The van der Waals surface area contributed by atoms with Crippen molar-refractivity contribution in [3.05, 3.63) is 29.3 Å². The maximum absolute atomic E-state index is 5.42. The third-order valence-electron chi connectivity index (χ3n) is 4.69. The van der Waals surface area contributed by atoms with Crippen molar-refractivity contribution in [3.8, 4) is 5.75 Å². The summed E-state index contributed by atoms with van der Waals surface area (Å²) < 4.78 is 5.42. The molecule has 1 aliphatic carbocycles. The summed E-state index contributed by atoms with van der Waals surface area (Å²) in [5, 5.41) is 0. The van der Waals surface area contributed by atoms with Crippen molar-refractivity contribution in [3.63, 3.8) is 0 Å². The zero-order valence-corrected chi connectivity index (χ0v) is 13.3. The maximum Gasteiger partial charge on any atom is 0.122 e. The van der Waals surface area contributed by atoms with Crippen LogP contribution in [0, 0.1) is 0 Å². The van der Waals surface area contributed by atoms with Crippen molar-refractivity contribution >= 4 is 0 Å². The van der Waals surface area contributed by atoms with E-state index >= 15 is 0 Å². The summed E-state index contributed by atoms with van der Waals surface area (Å²) in [5.41, 5.74) is 3.01. The zero-order chi connectivity index (χ0) is 14.2. The minimum absolute atomic E-state index is 0.806. The average molecular weight is 274 g/mol. The lowest BCUT2D eigenvalue weighted by atomic mass is 9.74. The van der Waals surface area contributed by atoms with Crippen LogP contribution in [0.2, 0.25) is 0 Å². The van der Waals surface area contributed by atoms with Gasteiger partial charge in [-0.15, -0.1) is 0 Å². The smallest absolute Gasteiger partial charge is 0.122 e. The second kappa shape index (κ2) is 8.34. The number of unbranched alkanes of at least 4 members (excludes halogenated alkanes) is 7. The molecule has 0 aliphatic heterocycles. The number of rotatable bonds is 10. The molecular formula is C19H30O. The molecule has 0 N–H and O–H groups in total. The van der Waals surface area contributed by atoms with Crippen molar-refractivity contribution in [2.75, 3.05) is 7.11 Å². The maximum atomic E-state index is 5.42.